The van der Waals surface area contributed by atoms with Crippen LogP contribution in [0.5, 0.6) is 11.5 Å². The molecule has 0 amide bonds. The van der Waals surface area contributed by atoms with E-state index in [9.17, 15) is 5.11 Å². The van der Waals surface area contributed by atoms with Gasteiger partial charge in [-0.05, 0) is 51.3 Å². The Hall–Kier alpha value is -1.30. The number of aliphatic hydroxyl groups is 1. The van der Waals surface area contributed by atoms with Crippen molar-refractivity contribution in [1.82, 2.24) is 10.2 Å². The van der Waals surface area contributed by atoms with Crippen LogP contribution >= 0.6 is 0 Å². The van der Waals surface area contributed by atoms with Crippen LogP contribution < -0.4 is 14.8 Å². The normalized spacial score (nSPS) is 14.9. The van der Waals surface area contributed by atoms with Crippen molar-refractivity contribution in [3.8, 4) is 11.5 Å². The van der Waals surface area contributed by atoms with Crippen molar-refractivity contribution in [2.45, 2.75) is 12.5 Å². The lowest BCUT2D eigenvalue weighted by Crippen LogP contribution is -2.25. The maximum Gasteiger partial charge on any atom is 0.231 e. The molecule has 5 nitrogen and oxygen atoms in total. The first kappa shape index (κ1) is 14.1. The van der Waals surface area contributed by atoms with Gasteiger partial charge >= 0.3 is 0 Å². The van der Waals surface area contributed by atoms with Gasteiger partial charge in [0.1, 0.15) is 0 Å². The van der Waals surface area contributed by atoms with Crippen LogP contribution in [0.4, 0.5) is 0 Å². The second-order valence-corrected chi connectivity index (χ2v) is 4.99. The molecule has 1 aliphatic rings. The third kappa shape index (κ3) is 4.09. The summed E-state index contributed by atoms with van der Waals surface area (Å²) in [5.41, 5.74) is 0.851. The van der Waals surface area contributed by atoms with Gasteiger partial charge in [0.05, 0.1) is 6.10 Å². The Morgan fingerprint density at radius 2 is 2.11 bits per heavy atom. The van der Waals surface area contributed by atoms with E-state index >= 15 is 0 Å². The molecule has 0 saturated carbocycles. The SMILES string of the molecule is CN(C)CCCNCC(O)c1ccc2c(c1)OCO2. The largest absolute Gasteiger partial charge is 0.454 e. The number of aliphatic hydroxyl groups excluding tert-OH is 1. The maximum atomic E-state index is 10.1. The molecule has 0 radical (unpaired) electrons. The molecule has 1 aliphatic heterocycles. The Bertz CT molecular complexity index is 410. The van der Waals surface area contributed by atoms with Crippen molar-refractivity contribution < 1.29 is 14.6 Å². The maximum absolute atomic E-state index is 10.1. The highest BCUT2D eigenvalue weighted by Crippen LogP contribution is 2.33. The highest BCUT2D eigenvalue weighted by molar-refractivity contribution is 5.45. The fourth-order valence-electron chi connectivity index (χ4n) is 2.00. The molecule has 0 aromatic heterocycles. The third-order valence-corrected chi connectivity index (χ3v) is 3.08. The van der Waals surface area contributed by atoms with Crippen molar-refractivity contribution in [3.05, 3.63) is 23.8 Å². The summed E-state index contributed by atoms with van der Waals surface area (Å²) in [6.07, 6.45) is 0.551. The number of hydrogen-bond acceptors (Lipinski definition) is 5. The van der Waals surface area contributed by atoms with E-state index in [4.69, 9.17) is 9.47 Å². The van der Waals surface area contributed by atoms with Gasteiger partial charge in [0.15, 0.2) is 11.5 Å². The number of nitrogens with one attached hydrogen (secondary N) is 1. The first-order chi connectivity index (χ1) is 9.16. The predicted molar refractivity (Wildman–Crippen MR) is 73.6 cm³/mol. The predicted octanol–water partition coefficient (Wildman–Crippen LogP) is 0.990. The summed E-state index contributed by atoms with van der Waals surface area (Å²) >= 11 is 0. The number of hydrogen-bond donors (Lipinski definition) is 2. The van der Waals surface area contributed by atoms with Crippen molar-refractivity contribution in [2.75, 3.05) is 40.5 Å². The minimum absolute atomic E-state index is 0.262. The molecule has 1 aromatic carbocycles. The zero-order valence-corrected chi connectivity index (χ0v) is 11.6. The quantitative estimate of drug-likeness (QED) is 0.721. The van der Waals surface area contributed by atoms with Crippen LogP contribution in [-0.4, -0.2) is 50.5 Å². The molecule has 106 valence electrons. The van der Waals surface area contributed by atoms with E-state index < -0.39 is 6.10 Å². The summed E-state index contributed by atoms with van der Waals surface area (Å²) in [6.45, 7) is 2.76. The van der Waals surface area contributed by atoms with E-state index in [1.54, 1.807) is 0 Å². The average Bonchev–Trinajstić information content (AvgIpc) is 2.84. The summed E-state index contributed by atoms with van der Waals surface area (Å²) < 4.78 is 10.5. The molecule has 1 atom stereocenters. The molecule has 0 aliphatic carbocycles. The molecule has 1 unspecified atom stereocenters. The van der Waals surface area contributed by atoms with Gasteiger partial charge in [0.25, 0.3) is 0 Å². The summed E-state index contributed by atoms with van der Waals surface area (Å²) in [4.78, 5) is 2.15. The number of benzene rings is 1. The van der Waals surface area contributed by atoms with Crippen LogP contribution in [0.15, 0.2) is 18.2 Å². The lowest BCUT2D eigenvalue weighted by molar-refractivity contribution is 0.170. The summed E-state index contributed by atoms with van der Waals surface area (Å²) in [7, 11) is 4.11. The van der Waals surface area contributed by atoms with Gasteiger partial charge in [-0.2, -0.15) is 0 Å². The standard InChI is InChI=1S/C14H22N2O3/c1-16(2)7-3-6-15-9-12(17)11-4-5-13-14(8-11)19-10-18-13/h4-5,8,12,15,17H,3,6-7,9-10H2,1-2H3. The van der Waals surface area contributed by atoms with Gasteiger partial charge in [0.2, 0.25) is 6.79 Å². The molecule has 2 rings (SSSR count). The zero-order valence-electron chi connectivity index (χ0n) is 11.6. The summed E-state index contributed by atoms with van der Waals surface area (Å²) in [6, 6.07) is 5.56. The molecule has 2 N–H and O–H groups in total. The van der Waals surface area contributed by atoms with E-state index in [1.165, 1.54) is 0 Å². The smallest absolute Gasteiger partial charge is 0.231 e. The molecule has 1 heterocycles. The molecule has 0 spiro atoms. The van der Waals surface area contributed by atoms with Gasteiger partial charge < -0.3 is 24.8 Å². The molecular weight excluding hydrogens is 244 g/mol. The number of fused-ring (bicyclic) bond motifs is 1. The van der Waals surface area contributed by atoms with E-state index in [0.29, 0.717) is 12.3 Å². The van der Waals surface area contributed by atoms with Gasteiger partial charge in [-0.3, -0.25) is 0 Å². The van der Waals surface area contributed by atoms with E-state index in [1.807, 2.05) is 18.2 Å². The second-order valence-electron chi connectivity index (χ2n) is 4.99. The van der Waals surface area contributed by atoms with Crippen LogP contribution in [-0.2, 0) is 0 Å². The fraction of sp³-hybridized carbons (Fsp3) is 0.571. The van der Waals surface area contributed by atoms with Crippen LogP contribution in [0.3, 0.4) is 0 Å². The van der Waals surface area contributed by atoms with E-state index in [2.05, 4.69) is 24.3 Å². The molecule has 0 fully saturated rings. The Morgan fingerprint density at radius 1 is 1.32 bits per heavy atom. The van der Waals surface area contributed by atoms with Crippen molar-refractivity contribution in [3.63, 3.8) is 0 Å². The molecule has 1 aromatic rings. The van der Waals surface area contributed by atoms with Crippen LogP contribution in [0, 0.1) is 0 Å². The Kier molecular flexibility index (Phi) is 5.01. The lowest BCUT2D eigenvalue weighted by atomic mass is 10.1. The zero-order chi connectivity index (χ0) is 13.7. The summed E-state index contributed by atoms with van der Waals surface area (Å²) in [5.74, 6) is 1.46. The minimum Gasteiger partial charge on any atom is -0.454 e. The fourth-order valence-corrected chi connectivity index (χ4v) is 2.00. The second kappa shape index (κ2) is 6.75. The van der Waals surface area contributed by atoms with Crippen LogP contribution in [0.1, 0.15) is 18.1 Å². The van der Waals surface area contributed by atoms with Crippen LogP contribution in [0.25, 0.3) is 0 Å². The molecule has 0 bridgehead atoms. The Labute approximate surface area is 114 Å². The molecule has 0 saturated heterocycles. The lowest BCUT2D eigenvalue weighted by Gasteiger charge is -2.14. The van der Waals surface area contributed by atoms with Gasteiger partial charge in [0, 0.05) is 6.54 Å². The first-order valence-corrected chi connectivity index (χ1v) is 6.60. The number of ether oxygens (including phenoxy) is 2. The minimum atomic E-state index is -0.520. The van der Waals surface area contributed by atoms with Crippen molar-refractivity contribution in [1.29, 1.82) is 0 Å². The van der Waals surface area contributed by atoms with Crippen molar-refractivity contribution >= 4 is 0 Å². The molecular formula is C14H22N2O3. The first-order valence-electron chi connectivity index (χ1n) is 6.60. The Morgan fingerprint density at radius 3 is 2.89 bits per heavy atom. The van der Waals surface area contributed by atoms with Gasteiger partial charge in [-0.15, -0.1) is 0 Å². The van der Waals surface area contributed by atoms with E-state index in [0.717, 1.165) is 30.8 Å². The molecule has 5 heteroatoms. The summed E-state index contributed by atoms with van der Waals surface area (Å²) in [5, 5.41) is 13.3. The Balaban J connectivity index is 1.75. The highest BCUT2D eigenvalue weighted by Gasteiger charge is 2.16. The topological polar surface area (TPSA) is 54.0 Å². The van der Waals surface area contributed by atoms with Crippen LogP contribution in [0.2, 0.25) is 0 Å². The number of rotatable bonds is 7. The molecule has 19 heavy (non-hydrogen) atoms. The monoisotopic (exact) mass is 266 g/mol. The average molecular weight is 266 g/mol. The van der Waals surface area contributed by atoms with E-state index in [-0.39, 0.29) is 6.79 Å². The van der Waals surface area contributed by atoms with Gasteiger partial charge in [-0.25, -0.2) is 0 Å². The third-order valence-electron chi connectivity index (χ3n) is 3.08. The van der Waals surface area contributed by atoms with Gasteiger partial charge in [-0.1, -0.05) is 6.07 Å². The highest BCUT2D eigenvalue weighted by atomic mass is 16.7. The van der Waals surface area contributed by atoms with Crippen molar-refractivity contribution in [2.24, 2.45) is 0 Å². The number of nitrogens with zero attached hydrogens (tertiary/aromatic N) is 1.